The van der Waals surface area contributed by atoms with Crippen LogP contribution in [-0.2, 0) is 4.79 Å². The Hall–Kier alpha value is -2.56. The number of hydrogen-bond acceptors (Lipinski definition) is 4. The van der Waals surface area contributed by atoms with Gasteiger partial charge in [0.1, 0.15) is 6.29 Å². The predicted molar refractivity (Wildman–Crippen MR) is 179 cm³/mol. The fourth-order valence-corrected chi connectivity index (χ4v) is 6.57. The van der Waals surface area contributed by atoms with Crippen molar-refractivity contribution >= 4 is 35.3 Å². The number of nitrogens with zero attached hydrogens (tertiary/aromatic N) is 3. The van der Waals surface area contributed by atoms with Gasteiger partial charge < -0.3 is 9.80 Å². The van der Waals surface area contributed by atoms with E-state index in [9.17, 15) is 4.79 Å². The van der Waals surface area contributed by atoms with Crippen molar-refractivity contribution in [2.75, 3.05) is 49.6 Å². The summed E-state index contributed by atoms with van der Waals surface area (Å²) in [6.07, 6.45) is 8.71. The second-order valence-electron chi connectivity index (χ2n) is 12.2. The first kappa shape index (κ1) is 32.9. The van der Waals surface area contributed by atoms with Crippen LogP contribution in [-0.4, -0.2) is 51.0 Å². The molecule has 1 aliphatic heterocycles. The Bertz CT molecular complexity index is 1200. The molecule has 4 nitrogen and oxygen atoms in total. The second kappa shape index (κ2) is 15.1. The SMILES string of the molecule is C=C(CCN(C)c1cc(C(CC)N2CCN(c3cccc(Cl)c3C)CC2)ccc1/C=C\C=O)C(C)(CCC)C(C)C. The zero-order chi connectivity index (χ0) is 30.2. The number of piperazine rings is 1. The third-order valence-corrected chi connectivity index (χ3v) is 9.94. The minimum Gasteiger partial charge on any atom is -0.374 e. The highest BCUT2D eigenvalue weighted by Crippen LogP contribution is 2.41. The van der Waals surface area contributed by atoms with Crippen LogP contribution < -0.4 is 9.80 Å². The number of benzene rings is 2. The molecule has 1 saturated heterocycles. The molecule has 2 aromatic rings. The average Bonchev–Trinajstić information content (AvgIpc) is 2.97. The van der Waals surface area contributed by atoms with Crippen LogP contribution in [0.3, 0.4) is 0 Å². The lowest BCUT2D eigenvalue weighted by atomic mass is 9.69. The zero-order valence-corrected chi connectivity index (χ0v) is 27.3. The second-order valence-corrected chi connectivity index (χ2v) is 12.6. The monoisotopic (exact) mass is 577 g/mol. The number of aldehydes is 1. The van der Waals surface area contributed by atoms with Crippen molar-refractivity contribution in [2.24, 2.45) is 11.3 Å². The zero-order valence-electron chi connectivity index (χ0n) is 26.5. The summed E-state index contributed by atoms with van der Waals surface area (Å²) in [5, 5.41) is 0.833. The van der Waals surface area contributed by atoms with Crippen LogP contribution in [0.1, 0.15) is 83.0 Å². The quantitative estimate of drug-likeness (QED) is 0.127. The molecule has 3 rings (SSSR count). The number of anilines is 2. The first-order valence-electron chi connectivity index (χ1n) is 15.5. The Kier molecular flexibility index (Phi) is 12.1. The van der Waals surface area contributed by atoms with Crippen molar-refractivity contribution in [1.29, 1.82) is 0 Å². The van der Waals surface area contributed by atoms with Crippen molar-refractivity contribution in [1.82, 2.24) is 4.90 Å². The molecule has 1 fully saturated rings. The number of halogens is 1. The average molecular weight is 578 g/mol. The molecule has 0 amide bonds. The van der Waals surface area contributed by atoms with Crippen LogP contribution in [0.4, 0.5) is 11.4 Å². The fourth-order valence-electron chi connectivity index (χ4n) is 6.40. The van der Waals surface area contributed by atoms with Crippen LogP contribution in [0.2, 0.25) is 5.02 Å². The Morgan fingerprint density at radius 2 is 1.85 bits per heavy atom. The summed E-state index contributed by atoms with van der Waals surface area (Å²) < 4.78 is 0. The van der Waals surface area contributed by atoms with E-state index >= 15 is 0 Å². The van der Waals surface area contributed by atoms with E-state index in [-0.39, 0.29) is 5.41 Å². The maximum Gasteiger partial charge on any atom is 0.142 e. The van der Waals surface area contributed by atoms with Crippen molar-refractivity contribution in [3.63, 3.8) is 0 Å². The molecule has 224 valence electrons. The van der Waals surface area contributed by atoms with Crippen molar-refractivity contribution in [3.8, 4) is 0 Å². The smallest absolute Gasteiger partial charge is 0.142 e. The summed E-state index contributed by atoms with van der Waals surface area (Å²) in [7, 11) is 2.17. The molecule has 0 radical (unpaired) electrons. The van der Waals surface area contributed by atoms with E-state index in [0.29, 0.717) is 12.0 Å². The van der Waals surface area contributed by atoms with Gasteiger partial charge in [0.2, 0.25) is 0 Å². The Morgan fingerprint density at radius 1 is 1.15 bits per heavy atom. The van der Waals surface area contributed by atoms with Gasteiger partial charge in [-0.15, -0.1) is 0 Å². The van der Waals surface area contributed by atoms with Gasteiger partial charge in [-0.1, -0.05) is 83.0 Å². The minimum atomic E-state index is 0.150. The molecule has 2 atom stereocenters. The highest BCUT2D eigenvalue weighted by atomic mass is 35.5. The van der Waals surface area contributed by atoms with Gasteiger partial charge in [-0.25, -0.2) is 0 Å². The van der Waals surface area contributed by atoms with Gasteiger partial charge in [0.25, 0.3) is 0 Å². The first-order chi connectivity index (χ1) is 19.6. The molecule has 0 spiro atoms. The number of hydrogen-bond donors (Lipinski definition) is 0. The van der Waals surface area contributed by atoms with E-state index in [1.54, 1.807) is 6.08 Å². The highest BCUT2D eigenvalue weighted by molar-refractivity contribution is 6.31. The maximum absolute atomic E-state index is 11.2. The number of carbonyl (C=O) groups excluding carboxylic acids is 1. The molecule has 5 heteroatoms. The van der Waals surface area contributed by atoms with Crippen LogP contribution in [0.25, 0.3) is 6.08 Å². The summed E-state index contributed by atoms with van der Waals surface area (Å²) in [6, 6.07) is 13.3. The van der Waals surface area contributed by atoms with Gasteiger partial charge >= 0.3 is 0 Å². The molecular formula is C36H52ClN3O. The third-order valence-electron chi connectivity index (χ3n) is 9.53. The summed E-state index contributed by atoms with van der Waals surface area (Å²) >= 11 is 6.42. The molecule has 0 aliphatic carbocycles. The molecule has 1 aliphatic rings. The lowest BCUT2D eigenvalue weighted by Crippen LogP contribution is -2.47. The molecule has 0 saturated carbocycles. The van der Waals surface area contributed by atoms with Crippen LogP contribution in [0, 0.1) is 18.3 Å². The molecule has 1 heterocycles. The molecule has 0 bridgehead atoms. The number of allylic oxidation sites excluding steroid dienone is 1. The van der Waals surface area contributed by atoms with E-state index < -0.39 is 0 Å². The van der Waals surface area contributed by atoms with Gasteiger partial charge in [0.05, 0.1) is 0 Å². The molecular weight excluding hydrogens is 526 g/mol. The number of rotatable bonds is 14. The minimum absolute atomic E-state index is 0.150. The lowest BCUT2D eigenvalue weighted by molar-refractivity contribution is -0.104. The number of carbonyl (C=O) groups is 1. The Morgan fingerprint density at radius 3 is 2.46 bits per heavy atom. The Labute approximate surface area is 255 Å². The van der Waals surface area contributed by atoms with Crippen LogP contribution >= 0.6 is 11.6 Å². The molecule has 0 aromatic heterocycles. The van der Waals surface area contributed by atoms with Crippen molar-refractivity contribution in [3.05, 3.63) is 76.3 Å². The normalized spacial score (nSPS) is 16.7. The molecule has 0 N–H and O–H groups in total. The predicted octanol–water partition coefficient (Wildman–Crippen LogP) is 8.98. The Balaban J connectivity index is 1.79. The van der Waals surface area contributed by atoms with Crippen LogP contribution in [0.5, 0.6) is 0 Å². The summed E-state index contributed by atoms with van der Waals surface area (Å²) in [4.78, 5) is 18.6. The third kappa shape index (κ3) is 7.84. The van der Waals surface area contributed by atoms with E-state index in [0.717, 1.165) is 74.4 Å². The molecule has 2 unspecified atom stereocenters. The summed E-state index contributed by atoms with van der Waals surface area (Å²) in [5.74, 6) is 0.559. The summed E-state index contributed by atoms with van der Waals surface area (Å²) in [6.45, 7) is 23.1. The van der Waals surface area contributed by atoms with Crippen molar-refractivity contribution < 1.29 is 4.79 Å². The van der Waals surface area contributed by atoms with E-state index in [1.165, 1.54) is 28.9 Å². The van der Waals surface area contributed by atoms with Crippen molar-refractivity contribution in [2.45, 2.75) is 73.3 Å². The van der Waals surface area contributed by atoms with E-state index in [2.05, 4.69) is 94.1 Å². The topological polar surface area (TPSA) is 26.8 Å². The van der Waals surface area contributed by atoms with Gasteiger partial charge in [0.15, 0.2) is 0 Å². The van der Waals surface area contributed by atoms with Gasteiger partial charge in [0, 0.05) is 62.2 Å². The standard InChI is InChI=1S/C36H52ClN3O/c1-9-19-36(7,27(3)4)28(5)18-20-38(8)35-26-31(17-16-30(35)13-12-25-41)33(10-2)39-21-23-40(24-22-39)34-15-11-14-32(37)29(34)6/h11-17,25-27,33H,5,9-10,18-24H2,1-4,6-8H3/b13-12-. The molecule has 2 aromatic carbocycles. The lowest BCUT2D eigenvalue weighted by Gasteiger charge is -2.41. The van der Waals surface area contributed by atoms with E-state index in [4.69, 9.17) is 11.6 Å². The first-order valence-corrected chi connectivity index (χ1v) is 15.8. The summed E-state index contributed by atoms with van der Waals surface area (Å²) in [5.41, 5.74) is 7.47. The van der Waals surface area contributed by atoms with Crippen LogP contribution in [0.15, 0.2) is 54.6 Å². The fraction of sp³-hybridized carbons (Fsp3) is 0.528. The maximum atomic E-state index is 11.2. The van der Waals surface area contributed by atoms with Gasteiger partial charge in [-0.3, -0.25) is 9.69 Å². The van der Waals surface area contributed by atoms with Gasteiger partial charge in [-0.2, -0.15) is 0 Å². The highest BCUT2D eigenvalue weighted by Gasteiger charge is 2.30. The largest absolute Gasteiger partial charge is 0.374 e. The molecule has 41 heavy (non-hydrogen) atoms. The van der Waals surface area contributed by atoms with E-state index in [1.807, 2.05) is 18.2 Å². The van der Waals surface area contributed by atoms with Gasteiger partial charge in [-0.05, 0) is 84.6 Å².